The minimum absolute atomic E-state index is 0.0492. The summed E-state index contributed by atoms with van der Waals surface area (Å²) in [6.07, 6.45) is 2.09. The molecule has 2 saturated heterocycles. The number of hydrogen-bond donors (Lipinski definition) is 2. The van der Waals surface area contributed by atoms with Crippen molar-refractivity contribution in [1.82, 2.24) is 15.6 Å². The van der Waals surface area contributed by atoms with Crippen LogP contribution in [0.15, 0.2) is 29.0 Å². The zero-order valence-electron chi connectivity index (χ0n) is 18.6. The van der Waals surface area contributed by atoms with Gasteiger partial charge in [0.05, 0.1) is 30.1 Å². The highest BCUT2D eigenvalue weighted by Gasteiger charge is 2.63. The molecular formula is C23H23FN4O6. The summed E-state index contributed by atoms with van der Waals surface area (Å²) in [5, 5.41) is 4.37. The zero-order valence-corrected chi connectivity index (χ0v) is 18.6. The first kappa shape index (κ1) is 22.2. The Kier molecular flexibility index (Phi) is 5.23. The van der Waals surface area contributed by atoms with E-state index in [1.165, 1.54) is 24.6 Å². The number of ether oxygens (including phenoxy) is 1. The third-order valence-electron chi connectivity index (χ3n) is 6.72. The number of nitrogens with zero attached hydrogens (tertiary/aromatic N) is 2. The number of oxazole rings is 1. The number of ketones is 1. The van der Waals surface area contributed by atoms with Crippen molar-refractivity contribution in [2.75, 3.05) is 11.4 Å². The highest BCUT2D eigenvalue weighted by atomic mass is 19.1. The molecule has 1 aromatic heterocycles. The molecule has 1 aromatic carbocycles. The van der Waals surface area contributed by atoms with E-state index in [4.69, 9.17) is 9.15 Å². The molecule has 4 amide bonds. The molecule has 5 rings (SSSR count). The summed E-state index contributed by atoms with van der Waals surface area (Å²) < 4.78 is 26.6. The van der Waals surface area contributed by atoms with Crippen LogP contribution in [0.1, 0.15) is 42.1 Å². The molecule has 3 aliphatic heterocycles. The molecule has 4 heterocycles. The number of benzene rings is 1. The van der Waals surface area contributed by atoms with Crippen molar-refractivity contribution in [3.05, 3.63) is 47.4 Å². The third-order valence-corrected chi connectivity index (χ3v) is 6.72. The Bertz CT molecular complexity index is 1180. The Labute approximate surface area is 193 Å². The lowest BCUT2D eigenvalue weighted by Gasteiger charge is -2.55. The smallest absolute Gasteiger partial charge is 0.328 e. The van der Waals surface area contributed by atoms with Crippen LogP contribution < -0.4 is 15.5 Å². The Morgan fingerprint density at radius 2 is 1.97 bits per heavy atom. The van der Waals surface area contributed by atoms with E-state index < -0.39 is 41.2 Å². The van der Waals surface area contributed by atoms with Crippen molar-refractivity contribution in [3.8, 4) is 0 Å². The molecule has 178 valence electrons. The summed E-state index contributed by atoms with van der Waals surface area (Å²) in [5.41, 5.74) is -1.03. The second-order valence-corrected chi connectivity index (χ2v) is 8.95. The van der Waals surface area contributed by atoms with Crippen molar-refractivity contribution in [3.63, 3.8) is 0 Å². The molecule has 0 aliphatic carbocycles. The number of amides is 4. The number of barbiturate groups is 1. The first-order valence-electron chi connectivity index (χ1n) is 11.0. The zero-order chi connectivity index (χ0) is 24.2. The molecule has 2 aromatic rings. The molecule has 0 bridgehead atoms. The number of halogens is 1. The van der Waals surface area contributed by atoms with Crippen LogP contribution >= 0.6 is 0 Å². The normalized spacial score (nSPS) is 25.4. The number of aryl methyl sites for hydroxylation is 1. The van der Waals surface area contributed by atoms with Crippen LogP contribution in [0, 0.1) is 11.2 Å². The first-order chi connectivity index (χ1) is 16.2. The molecule has 3 atom stereocenters. The van der Waals surface area contributed by atoms with Gasteiger partial charge in [-0.2, -0.15) is 0 Å². The number of morpholine rings is 1. The molecule has 0 unspecified atom stereocenters. The van der Waals surface area contributed by atoms with Crippen LogP contribution in [0.3, 0.4) is 0 Å². The number of Topliss-reactive ketones (excluding diaryl/α,β-unsaturated/α-hetero) is 1. The number of nitrogens with one attached hydrogen (secondary N) is 2. The Hall–Kier alpha value is -3.60. The van der Waals surface area contributed by atoms with Gasteiger partial charge in [-0.05, 0) is 31.5 Å². The molecule has 34 heavy (non-hydrogen) atoms. The number of anilines is 1. The van der Waals surface area contributed by atoms with E-state index in [9.17, 15) is 19.2 Å². The summed E-state index contributed by atoms with van der Waals surface area (Å²) in [5.74, 6) is -2.09. The molecule has 2 fully saturated rings. The van der Waals surface area contributed by atoms with Gasteiger partial charge in [-0.15, -0.1) is 0 Å². The average molecular weight is 470 g/mol. The lowest BCUT2D eigenvalue weighted by molar-refractivity contribution is -0.153. The molecule has 0 radical (unpaired) electrons. The van der Waals surface area contributed by atoms with Crippen molar-refractivity contribution < 1.29 is 32.7 Å². The SMILES string of the molecule is C[C@@H]1CN2c3c(F)cc(C(=O)CCc4ncco4)cc3CC3(C(=O)NC(=O)NC3=O)[C@H]2[C@H](C)O1. The number of hydrogen-bond acceptors (Lipinski definition) is 8. The van der Waals surface area contributed by atoms with Crippen LogP contribution in [0.4, 0.5) is 14.9 Å². The molecule has 0 saturated carbocycles. The average Bonchev–Trinajstić information content (AvgIpc) is 3.28. The maximum atomic E-state index is 15.5. The van der Waals surface area contributed by atoms with Crippen LogP contribution in [-0.4, -0.2) is 53.4 Å². The van der Waals surface area contributed by atoms with Gasteiger partial charge in [0.2, 0.25) is 11.8 Å². The number of urea groups is 1. The van der Waals surface area contributed by atoms with Crippen LogP contribution in [0.25, 0.3) is 0 Å². The Morgan fingerprint density at radius 3 is 2.65 bits per heavy atom. The van der Waals surface area contributed by atoms with Crippen LogP contribution in [-0.2, 0) is 27.2 Å². The summed E-state index contributed by atoms with van der Waals surface area (Å²) >= 11 is 0. The summed E-state index contributed by atoms with van der Waals surface area (Å²) in [4.78, 5) is 56.6. The van der Waals surface area contributed by atoms with E-state index in [0.717, 1.165) is 0 Å². The van der Waals surface area contributed by atoms with Gasteiger partial charge < -0.3 is 14.1 Å². The quantitative estimate of drug-likeness (QED) is 0.508. The van der Waals surface area contributed by atoms with Gasteiger partial charge in [-0.1, -0.05) is 0 Å². The number of imide groups is 2. The van der Waals surface area contributed by atoms with Gasteiger partial charge in [0.15, 0.2) is 17.1 Å². The Balaban J connectivity index is 1.57. The third kappa shape index (κ3) is 3.38. The van der Waals surface area contributed by atoms with E-state index in [1.54, 1.807) is 11.8 Å². The van der Waals surface area contributed by atoms with Gasteiger partial charge in [0.25, 0.3) is 0 Å². The number of rotatable bonds is 4. The maximum Gasteiger partial charge on any atom is 0.328 e. The number of fused-ring (bicyclic) bond motifs is 4. The van der Waals surface area contributed by atoms with E-state index in [0.29, 0.717) is 11.5 Å². The number of aromatic nitrogens is 1. The van der Waals surface area contributed by atoms with E-state index >= 15 is 4.39 Å². The summed E-state index contributed by atoms with van der Waals surface area (Å²) in [6, 6.07) is 0.958. The maximum absolute atomic E-state index is 15.5. The summed E-state index contributed by atoms with van der Waals surface area (Å²) in [6.45, 7) is 3.76. The van der Waals surface area contributed by atoms with Crippen LogP contribution in [0.5, 0.6) is 0 Å². The Morgan fingerprint density at radius 1 is 1.24 bits per heavy atom. The number of carbonyl (C=O) groups is 4. The largest absolute Gasteiger partial charge is 0.449 e. The fourth-order valence-electron chi connectivity index (χ4n) is 5.44. The van der Waals surface area contributed by atoms with Gasteiger partial charge in [0, 0.05) is 31.4 Å². The van der Waals surface area contributed by atoms with Gasteiger partial charge >= 0.3 is 6.03 Å². The molecule has 10 nitrogen and oxygen atoms in total. The number of carbonyl (C=O) groups excluding carboxylic acids is 4. The minimum atomic E-state index is -1.73. The van der Waals surface area contributed by atoms with Crippen molar-refractivity contribution in [1.29, 1.82) is 0 Å². The van der Waals surface area contributed by atoms with E-state index in [-0.39, 0.29) is 48.9 Å². The molecular weight excluding hydrogens is 447 g/mol. The standard InChI is InChI=1S/C23H23FN4O6/c1-11-10-28-18-14(7-13(8-15(18)24)16(29)3-4-17-25-5-6-33-17)9-23(19(28)12(2)34-11)20(30)26-22(32)27-21(23)31/h5-8,11-12,19H,3-4,9-10H2,1-2H3,(H2,26,27,30,31,32)/t11-,12+,19-/m1/s1. The van der Waals surface area contributed by atoms with Crippen LogP contribution in [0.2, 0.25) is 0 Å². The minimum Gasteiger partial charge on any atom is -0.449 e. The van der Waals surface area contributed by atoms with Crippen molar-refractivity contribution >= 4 is 29.3 Å². The monoisotopic (exact) mass is 470 g/mol. The molecule has 11 heteroatoms. The topological polar surface area (TPSA) is 131 Å². The second kappa shape index (κ2) is 8.01. The highest BCUT2D eigenvalue weighted by molar-refractivity contribution is 6.20. The van der Waals surface area contributed by atoms with Gasteiger partial charge in [-0.3, -0.25) is 25.0 Å². The van der Waals surface area contributed by atoms with E-state index in [1.807, 2.05) is 6.92 Å². The molecule has 1 spiro atoms. The lowest BCUT2D eigenvalue weighted by atomic mass is 9.66. The predicted octanol–water partition coefficient (Wildman–Crippen LogP) is 1.52. The second-order valence-electron chi connectivity index (χ2n) is 8.95. The molecule has 2 N–H and O–H groups in total. The summed E-state index contributed by atoms with van der Waals surface area (Å²) in [7, 11) is 0. The van der Waals surface area contributed by atoms with E-state index in [2.05, 4.69) is 15.6 Å². The first-order valence-corrected chi connectivity index (χ1v) is 11.0. The van der Waals surface area contributed by atoms with Crippen molar-refractivity contribution in [2.24, 2.45) is 5.41 Å². The predicted molar refractivity (Wildman–Crippen MR) is 115 cm³/mol. The fraction of sp³-hybridized carbons (Fsp3) is 0.435. The van der Waals surface area contributed by atoms with Crippen molar-refractivity contribution in [2.45, 2.75) is 51.4 Å². The lowest BCUT2D eigenvalue weighted by Crippen LogP contribution is -2.75. The highest BCUT2D eigenvalue weighted by Crippen LogP contribution is 2.47. The van der Waals surface area contributed by atoms with Gasteiger partial charge in [-0.25, -0.2) is 14.2 Å². The fourth-order valence-corrected chi connectivity index (χ4v) is 5.44. The molecule has 3 aliphatic rings. The van der Waals surface area contributed by atoms with Gasteiger partial charge in [0.1, 0.15) is 12.1 Å².